The van der Waals surface area contributed by atoms with Crippen LogP contribution in [0.5, 0.6) is 5.75 Å². The molecule has 17 heavy (non-hydrogen) atoms. The topological polar surface area (TPSA) is 31.4 Å². The zero-order valence-corrected chi connectivity index (χ0v) is 13.6. The number of pyridine rings is 1. The SMILES string of the molecule is C[Si](C)(C)CCOCOc1cnc(Cl)cc1Br. The predicted molar refractivity (Wildman–Crippen MR) is 76.5 cm³/mol. The Labute approximate surface area is 117 Å². The number of halogens is 2. The van der Waals surface area contributed by atoms with Crippen LogP contribution in [-0.2, 0) is 4.74 Å². The lowest BCUT2D eigenvalue weighted by molar-refractivity contribution is 0.0214. The summed E-state index contributed by atoms with van der Waals surface area (Å²) in [7, 11) is -1.02. The third-order valence-electron chi connectivity index (χ3n) is 2.08. The molecule has 0 aliphatic heterocycles. The van der Waals surface area contributed by atoms with Crippen LogP contribution in [0.2, 0.25) is 30.8 Å². The van der Waals surface area contributed by atoms with E-state index in [-0.39, 0.29) is 6.79 Å². The molecule has 1 rings (SSSR count). The van der Waals surface area contributed by atoms with Crippen molar-refractivity contribution in [2.75, 3.05) is 13.4 Å². The molecule has 0 radical (unpaired) electrons. The van der Waals surface area contributed by atoms with Gasteiger partial charge in [-0.15, -0.1) is 0 Å². The number of nitrogens with zero attached hydrogens (tertiary/aromatic N) is 1. The summed E-state index contributed by atoms with van der Waals surface area (Å²) in [6, 6.07) is 2.83. The maximum absolute atomic E-state index is 5.73. The molecule has 0 atom stereocenters. The number of rotatable bonds is 6. The molecule has 0 aliphatic carbocycles. The summed E-state index contributed by atoms with van der Waals surface area (Å²) in [6.45, 7) is 7.94. The fourth-order valence-electron chi connectivity index (χ4n) is 1.04. The molecule has 0 saturated heterocycles. The minimum absolute atomic E-state index is 0.242. The average molecular weight is 339 g/mol. The summed E-state index contributed by atoms with van der Waals surface area (Å²) in [5.74, 6) is 0.641. The van der Waals surface area contributed by atoms with Gasteiger partial charge in [-0.1, -0.05) is 31.2 Å². The summed E-state index contributed by atoms with van der Waals surface area (Å²) >= 11 is 9.08. The summed E-state index contributed by atoms with van der Waals surface area (Å²) in [6.07, 6.45) is 1.58. The van der Waals surface area contributed by atoms with E-state index in [2.05, 4.69) is 40.6 Å². The van der Waals surface area contributed by atoms with Gasteiger partial charge in [-0.05, 0) is 28.0 Å². The molecule has 96 valence electrons. The molecular formula is C11H17BrClNO2Si. The molecule has 0 aromatic carbocycles. The van der Waals surface area contributed by atoms with Gasteiger partial charge >= 0.3 is 0 Å². The van der Waals surface area contributed by atoms with Gasteiger partial charge in [0.1, 0.15) is 5.15 Å². The Morgan fingerprint density at radius 2 is 2.12 bits per heavy atom. The standard InChI is InChI=1S/C11H17BrClNO2Si/c1-17(2,3)5-4-15-8-16-10-7-14-11(13)6-9(10)12/h6-7H,4-5,8H2,1-3H3. The van der Waals surface area contributed by atoms with Crippen molar-refractivity contribution in [1.29, 1.82) is 0 Å². The van der Waals surface area contributed by atoms with Crippen molar-refractivity contribution in [2.24, 2.45) is 0 Å². The van der Waals surface area contributed by atoms with Crippen LogP contribution in [0.1, 0.15) is 0 Å². The number of ether oxygens (including phenoxy) is 2. The van der Waals surface area contributed by atoms with Crippen molar-refractivity contribution >= 4 is 35.6 Å². The molecule has 0 fully saturated rings. The molecule has 3 nitrogen and oxygen atoms in total. The highest BCUT2D eigenvalue weighted by Crippen LogP contribution is 2.25. The van der Waals surface area contributed by atoms with Crippen LogP contribution in [0.15, 0.2) is 16.7 Å². The molecule has 0 unspecified atom stereocenters. The highest BCUT2D eigenvalue weighted by Gasteiger charge is 2.12. The number of aromatic nitrogens is 1. The molecule has 0 N–H and O–H groups in total. The Kier molecular flexibility index (Phi) is 5.92. The Balaban J connectivity index is 2.27. The largest absolute Gasteiger partial charge is 0.465 e. The van der Waals surface area contributed by atoms with Crippen molar-refractivity contribution in [3.8, 4) is 5.75 Å². The first-order valence-corrected chi connectivity index (χ1v) is 10.3. The highest BCUT2D eigenvalue weighted by atomic mass is 79.9. The van der Waals surface area contributed by atoms with E-state index in [1.54, 1.807) is 12.3 Å². The first-order valence-electron chi connectivity index (χ1n) is 5.40. The second kappa shape index (κ2) is 6.73. The lowest BCUT2D eigenvalue weighted by Gasteiger charge is -2.15. The van der Waals surface area contributed by atoms with Crippen molar-refractivity contribution < 1.29 is 9.47 Å². The van der Waals surface area contributed by atoms with Gasteiger partial charge in [0.2, 0.25) is 0 Å². The summed E-state index contributed by atoms with van der Waals surface area (Å²) in [5.41, 5.74) is 0. The van der Waals surface area contributed by atoms with E-state index in [0.29, 0.717) is 10.9 Å². The van der Waals surface area contributed by atoms with Crippen LogP contribution in [0.4, 0.5) is 0 Å². The number of hydrogen-bond acceptors (Lipinski definition) is 3. The van der Waals surface area contributed by atoms with E-state index in [1.807, 2.05) is 0 Å². The molecule has 6 heteroatoms. The monoisotopic (exact) mass is 337 g/mol. The third kappa shape index (κ3) is 6.40. The van der Waals surface area contributed by atoms with Gasteiger partial charge in [-0.2, -0.15) is 0 Å². The van der Waals surface area contributed by atoms with Crippen molar-refractivity contribution in [1.82, 2.24) is 4.98 Å². The molecule has 0 aliphatic rings. The Morgan fingerprint density at radius 3 is 2.71 bits per heavy atom. The molecule has 0 amide bonds. The van der Waals surface area contributed by atoms with Crippen LogP contribution in [0.3, 0.4) is 0 Å². The van der Waals surface area contributed by atoms with Gasteiger partial charge < -0.3 is 9.47 Å². The van der Waals surface area contributed by atoms with E-state index >= 15 is 0 Å². The molecule has 1 aromatic heterocycles. The average Bonchev–Trinajstić information content (AvgIpc) is 2.18. The first kappa shape index (κ1) is 15.0. The maximum atomic E-state index is 5.73. The van der Waals surface area contributed by atoms with Crippen LogP contribution >= 0.6 is 27.5 Å². The first-order chi connectivity index (χ1) is 7.88. The Hall–Kier alpha value is -0.103. The summed E-state index contributed by atoms with van der Waals surface area (Å²) in [4.78, 5) is 3.94. The minimum atomic E-state index is -1.02. The van der Waals surface area contributed by atoms with Gasteiger partial charge in [0.25, 0.3) is 0 Å². The normalized spacial score (nSPS) is 11.6. The summed E-state index contributed by atoms with van der Waals surface area (Å²) in [5, 5.41) is 0.434. The second-order valence-corrected chi connectivity index (χ2v) is 11.8. The zero-order valence-electron chi connectivity index (χ0n) is 10.3. The zero-order chi connectivity index (χ0) is 12.9. The van der Waals surface area contributed by atoms with Crippen molar-refractivity contribution in [2.45, 2.75) is 25.7 Å². The molecule has 0 saturated carbocycles. The van der Waals surface area contributed by atoms with Crippen LogP contribution in [-0.4, -0.2) is 26.5 Å². The third-order valence-corrected chi connectivity index (χ3v) is 4.61. The fraction of sp³-hybridized carbons (Fsp3) is 0.545. The van der Waals surface area contributed by atoms with E-state index < -0.39 is 8.07 Å². The van der Waals surface area contributed by atoms with Gasteiger partial charge in [-0.3, -0.25) is 0 Å². The smallest absolute Gasteiger partial charge is 0.189 e. The van der Waals surface area contributed by atoms with Gasteiger partial charge in [0, 0.05) is 14.7 Å². The molecule has 0 bridgehead atoms. The highest BCUT2D eigenvalue weighted by molar-refractivity contribution is 9.10. The van der Waals surface area contributed by atoms with E-state index in [4.69, 9.17) is 21.1 Å². The Morgan fingerprint density at radius 1 is 1.41 bits per heavy atom. The quantitative estimate of drug-likeness (QED) is 0.337. The van der Waals surface area contributed by atoms with Gasteiger partial charge in [-0.25, -0.2) is 4.98 Å². The molecule has 1 aromatic rings. The lowest BCUT2D eigenvalue weighted by Crippen LogP contribution is -2.22. The number of hydrogen-bond donors (Lipinski definition) is 0. The molecule has 0 spiro atoms. The molecular weight excluding hydrogens is 322 g/mol. The van der Waals surface area contributed by atoms with Crippen LogP contribution < -0.4 is 4.74 Å². The van der Waals surface area contributed by atoms with Crippen LogP contribution in [0, 0.1) is 0 Å². The van der Waals surface area contributed by atoms with E-state index in [0.717, 1.165) is 17.1 Å². The molecule has 1 heterocycles. The van der Waals surface area contributed by atoms with Crippen molar-refractivity contribution in [3.05, 3.63) is 21.9 Å². The van der Waals surface area contributed by atoms with Gasteiger partial charge in [0.15, 0.2) is 12.5 Å². The fourth-order valence-corrected chi connectivity index (χ4v) is 2.52. The van der Waals surface area contributed by atoms with E-state index in [1.165, 1.54) is 0 Å². The Bertz CT molecular complexity index is 371. The minimum Gasteiger partial charge on any atom is -0.465 e. The van der Waals surface area contributed by atoms with E-state index in [9.17, 15) is 0 Å². The summed E-state index contributed by atoms with van der Waals surface area (Å²) < 4.78 is 11.6. The predicted octanol–water partition coefficient (Wildman–Crippen LogP) is 4.19. The van der Waals surface area contributed by atoms with Gasteiger partial charge in [0.05, 0.1) is 10.7 Å². The second-order valence-electron chi connectivity index (χ2n) is 4.92. The maximum Gasteiger partial charge on any atom is 0.189 e. The van der Waals surface area contributed by atoms with Crippen molar-refractivity contribution in [3.63, 3.8) is 0 Å². The lowest BCUT2D eigenvalue weighted by atomic mass is 10.5. The van der Waals surface area contributed by atoms with Crippen LogP contribution in [0.25, 0.3) is 0 Å².